The predicted molar refractivity (Wildman–Crippen MR) is 106 cm³/mol. The van der Waals surface area contributed by atoms with E-state index in [1.165, 1.54) is 17.3 Å². The normalized spacial score (nSPS) is 12.5. The number of benzene rings is 2. The van der Waals surface area contributed by atoms with Gasteiger partial charge in [0.25, 0.3) is 0 Å². The summed E-state index contributed by atoms with van der Waals surface area (Å²) < 4.78 is 0. The Morgan fingerprint density at radius 2 is 1.58 bits per heavy atom. The van der Waals surface area contributed by atoms with Gasteiger partial charge in [0.2, 0.25) is 0 Å². The van der Waals surface area contributed by atoms with E-state index in [1.54, 1.807) is 0 Å². The monoisotopic (exact) mass is 320 g/mol. The van der Waals surface area contributed by atoms with Crippen LogP contribution in [0.4, 0.5) is 5.69 Å². The molecule has 0 saturated heterocycles. The minimum absolute atomic E-state index is 0.158. The Hall–Kier alpha value is -2.22. The van der Waals surface area contributed by atoms with Gasteiger partial charge in [-0.05, 0) is 47.1 Å². The minimum Gasteiger partial charge on any atom is -0.308 e. The molecule has 0 heterocycles. The van der Waals surface area contributed by atoms with Crippen molar-refractivity contribution < 1.29 is 0 Å². The lowest BCUT2D eigenvalue weighted by Crippen LogP contribution is -2.10. The van der Waals surface area contributed by atoms with Gasteiger partial charge in [-0.15, -0.1) is 0 Å². The summed E-state index contributed by atoms with van der Waals surface area (Å²) in [6.45, 7) is 13.0. The highest BCUT2D eigenvalue weighted by molar-refractivity contribution is 5.92. The quantitative estimate of drug-likeness (QED) is 0.633. The van der Waals surface area contributed by atoms with E-state index in [0.29, 0.717) is 5.92 Å². The lowest BCUT2D eigenvalue weighted by atomic mass is 9.86. The molecule has 0 unspecified atom stereocenters. The van der Waals surface area contributed by atoms with Crippen molar-refractivity contribution in [3.8, 4) is 11.1 Å². The molecule has 2 aromatic rings. The molecule has 0 aliphatic rings. The molecule has 0 saturated carbocycles. The summed E-state index contributed by atoms with van der Waals surface area (Å²) in [4.78, 5) is 4.68. The van der Waals surface area contributed by atoms with Crippen LogP contribution in [0.3, 0.4) is 0 Å². The zero-order valence-electron chi connectivity index (χ0n) is 15.6. The van der Waals surface area contributed by atoms with Crippen molar-refractivity contribution in [3.05, 3.63) is 53.6 Å². The van der Waals surface area contributed by atoms with Crippen molar-refractivity contribution in [3.63, 3.8) is 0 Å². The molecule has 0 fully saturated rings. The van der Waals surface area contributed by atoms with Crippen LogP contribution < -0.4 is 0 Å². The van der Waals surface area contributed by atoms with Crippen molar-refractivity contribution in [1.82, 2.24) is 0 Å². The smallest absolute Gasteiger partial charge is 0.0716 e. The molecule has 0 atom stereocenters. The Morgan fingerprint density at radius 1 is 1.00 bits per heavy atom. The number of rotatable bonds is 4. The third kappa shape index (κ3) is 4.19. The Kier molecular flexibility index (Phi) is 5.38. The van der Waals surface area contributed by atoms with Gasteiger partial charge in [-0.3, -0.25) is 4.99 Å². The molecule has 0 radical (unpaired) electrons. The third-order valence-corrected chi connectivity index (χ3v) is 4.40. The first-order valence-electron chi connectivity index (χ1n) is 8.53. The fraction of sp³-hybridized carbons (Fsp3) is 0.364. The topological polar surface area (TPSA) is 36.2 Å². The van der Waals surface area contributed by atoms with Crippen LogP contribution >= 0.6 is 0 Å². The van der Waals surface area contributed by atoms with Crippen LogP contribution in [-0.4, -0.2) is 11.9 Å². The molecule has 24 heavy (non-hydrogen) atoms. The average molecular weight is 320 g/mol. The van der Waals surface area contributed by atoms with Gasteiger partial charge in [0.15, 0.2) is 0 Å². The number of aliphatic imine (C=N–C) groups is 1. The van der Waals surface area contributed by atoms with Crippen LogP contribution in [-0.2, 0) is 5.41 Å². The minimum atomic E-state index is 0.158. The second kappa shape index (κ2) is 7.12. The van der Waals surface area contributed by atoms with Gasteiger partial charge in [-0.25, -0.2) is 0 Å². The van der Waals surface area contributed by atoms with Crippen molar-refractivity contribution >= 4 is 17.6 Å². The van der Waals surface area contributed by atoms with E-state index in [0.717, 1.165) is 22.5 Å². The lowest BCUT2D eigenvalue weighted by Gasteiger charge is -2.19. The lowest BCUT2D eigenvalue weighted by molar-refractivity contribution is 0.590. The first-order valence-corrected chi connectivity index (χ1v) is 8.53. The molecule has 2 heteroatoms. The zero-order chi connectivity index (χ0) is 17.9. The first-order chi connectivity index (χ1) is 11.2. The predicted octanol–water partition coefficient (Wildman–Crippen LogP) is 6.40. The van der Waals surface area contributed by atoms with Crippen molar-refractivity contribution in [2.75, 3.05) is 0 Å². The molecule has 0 aromatic heterocycles. The molecule has 0 amide bonds. The number of nitrogens with zero attached hydrogens (tertiary/aromatic N) is 1. The summed E-state index contributed by atoms with van der Waals surface area (Å²) in [6, 6.07) is 14.8. The van der Waals surface area contributed by atoms with Crippen molar-refractivity contribution in [2.45, 2.75) is 47.0 Å². The van der Waals surface area contributed by atoms with Crippen molar-refractivity contribution in [1.29, 1.82) is 5.41 Å². The van der Waals surface area contributed by atoms with Crippen LogP contribution in [0, 0.1) is 11.3 Å². The molecule has 0 aliphatic heterocycles. The van der Waals surface area contributed by atoms with Gasteiger partial charge >= 0.3 is 0 Å². The summed E-state index contributed by atoms with van der Waals surface area (Å²) in [6.07, 6.45) is 1.39. The summed E-state index contributed by atoms with van der Waals surface area (Å²) in [5.41, 5.74) is 6.58. The highest BCUT2D eigenvalue weighted by Crippen LogP contribution is 2.29. The molecular weight excluding hydrogens is 292 g/mol. The highest BCUT2D eigenvalue weighted by atomic mass is 14.8. The fourth-order valence-electron chi connectivity index (χ4n) is 2.43. The highest BCUT2D eigenvalue weighted by Gasteiger charge is 2.13. The van der Waals surface area contributed by atoms with E-state index in [4.69, 9.17) is 5.41 Å². The molecule has 2 nitrogen and oxygen atoms in total. The van der Waals surface area contributed by atoms with Gasteiger partial charge in [-0.1, -0.05) is 65.0 Å². The zero-order valence-corrected chi connectivity index (χ0v) is 15.6. The van der Waals surface area contributed by atoms with Crippen LogP contribution in [0.25, 0.3) is 11.1 Å². The Morgan fingerprint density at radius 3 is 2.08 bits per heavy atom. The average Bonchev–Trinajstić information content (AvgIpc) is 2.54. The molecule has 0 aliphatic carbocycles. The second-order valence-corrected chi connectivity index (χ2v) is 7.65. The van der Waals surface area contributed by atoms with Crippen molar-refractivity contribution in [2.24, 2.45) is 10.9 Å². The van der Waals surface area contributed by atoms with Crippen LogP contribution in [0.5, 0.6) is 0 Å². The van der Waals surface area contributed by atoms with Crippen LogP contribution in [0.2, 0.25) is 0 Å². The summed E-state index contributed by atoms with van der Waals surface area (Å²) >= 11 is 0. The van der Waals surface area contributed by atoms with Gasteiger partial charge in [-0.2, -0.15) is 0 Å². The summed E-state index contributed by atoms with van der Waals surface area (Å²) in [7, 11) is 0. The van der Waals surface area contributed by atoms with Gasteiger partial charge < -0.3 is 5.41 Å². The maximum absolute atomic E-state index is 7.72. The maximum atomic E-state index is 7.72. The van der Waals surface area contributed by atoms with Gasteiger partial charge in [0.05, 0.1) is 5.69 Å². The number of nitrogens with one attached hydrogen (secondary N) is 1. The molecule has 0 bridgehead atoms. The molecule has 126 valence electrons. The fourth-order valence-corrected chi connectivity index (χ4v) is 2.43. The maximum Gasteiger partial charge on any atom is 0.0716 e. The second-order valence-electron chi connectivity index (χ2n) is 7.65. The SMILES string of the molecule is CC(=Nc1ccc(-c2ccc(C(C)(C)C)cc2)cc1C=N)C(C)C. The van der Waals surface area contributed by atoms with Gasteiger partial charge in [0, 0.05) is 17.5 Å². The Labute approximate surface area is 146 Å². The first kappa shape index (κ1) is 18.1. The molecule has 2 aromatic carbocycles. The van der Waals surface area contributed by atoms with E-state index >= 15 is 0 Å². The summed E-state index contributed by atoms with van der Waals surface area (Å²) in [5.74, 6) is 0.410. The van der Waals surface area contributed by atoms with Gasteiger partial charge in [0.1, 0.15) is 0 Å². The van der Waals surface area contributed by atoms with E-state index in [-0.39, 0.29) is 5.41 Å². The van der Waals surface area contributed by atoms with E-state index in [9.17, 15) is 0 Å². The Bertz CT molecular complexity index is 745. The Balaban J connectivity index is 2.39. The molecule has 0 spiro atoms. The third-order valence-electron chi connectivity index (χ3n) is 4.40. The van der Waals surface area contributed by atoms with E-state index < -0.39 is 0 Å². The van der Waals surface area contributed by atoms with Crippen LogP contribution in [0.1, 0.15) is 52.7 Å². The largest absolute Gasteiger partial charge is 0.308 e. The molecule has 1 N–H and O–H groups in total. The van der Waals surface area contributed by atoms with E-state index in [1.807, 2.05) is 19.1 Å². The van der Waals surface area contributed by atoms with E-state index in [2.05, 4.69) is 69.9 Å². The number of hydrogen-bond donors (Lipinski definition) is 1. The molecule has 2 rings (SSSR count). The standard InChI is InChI=1S/C22H28N2/c1-15(2)16(3)24-21-12-9-18(13-19(21)14-23)17-7-10-20(11-8-17)22(4,5)6/h7-15,23H,1-6H3. The number of hydrogen-bond acceptors (Lipinski definition) is 2. The summed E-state index contributed by atoms with van der Waals surface area (Å²) in [5, 5.41) is 7.72. The molecular formula is C22H28N2. The van der Waals surface area contributed by atoms with Crippen LogP contribution in [0.15, 0.2) is 47.5 Å².